The number of ether oxygens (including phenoxy) is 1. The van der Waals surface area contributed by atoms with Crippen LogP contribution < -0.4 is 4.74 Å². The molecule has 0 bridgehead atoms. The van der Waals surface area contributed by atoms with Gasteiger partial charge < -0.3 is 9.84 Å². The molecule has 2 nitrogen and oxygen atoms in total. The average molecular weight is 313 g/mol. The van der Waals surface area contributed by atoms with Gasteiger partial charge in [-0.3, -0.25) is 0 Å². The van der Waals surface area contributed by atoms with E-state index in [0.29, 0.717) is 33.3 Å². The van der Waals surface area contributed by atoms with Crippen molar-refractivity contribution in [3.05, 3.63) is 63.4 Å². The van der Waals surface area contributed by atoms with Gasteiger partial charge in [0.15, 0.2) is 0 Å². The molecule has 5 heteroatoms. The number of fused-ring (bicyclic) bond motifs is 1. The first-order chi connectivity index (χ1) is 9.56. The van der Waals surface area contributed by atoms with Crippen LogP contribution in [-0.2, 0) is 0 Å². The Labute approximate surface area is 125 Å². The van der Waals surface area contributed by atoms with E-state index in [-0.39, 0.29) is 0 Å². The highest BCUT2D eigenvalue weighted by molar-refractivity contribution is 6.42. The number of rotatable bonds is 1. The van der Waals surface area contributed by atoms with E-state index < -0.39 is 18.0 Å². The summed E-state index contributed by atoms with van der Waals surface area (Å²) in [6.45, 7) is 0. The van der Waals surface area contributed by atoms with E-state index in [1.54, 1.807) is 18.2 Å². The molecule has 1 aliphatic heterocycles. The summed E-state index contributed by atoms with van der Waals surface area (Å²) < 4.78 is 19.0. The molecule has 0 saturated heterocycles. The maximum Gasteiger partial charge on any atom is 0.128 e. The molecule has 3 rings (SSSR count). The van der Waals surface area contributed by atoms with E-state index in [9.17, 15) is 9.50 Å². The molecule has 0 fully saturated rings. The minimum absolute atomic E-state index is 0.338. The molecule has 2 atom stereocenters. The number of hydrogen-bond acceptors (Lipinski definition) is 2. The fourth-order valence-corrected chi connectivity index (χ4v) is 2.81. The van der Waals surface area contributed by atoms with Crippen molar-refractivity contribution >= 4 is 23.2 Å². The zero-order chi connectivity index (χ0) is 14.3. The summed E-state index contributed by atoms with van der Waals surface area (Å²) >= 11 is 12.1. The molecule has 1 N–H and O–H groups in total. The van der Waals surface area contributed by atoms with E-state index in [2.05, 4.69) is 0 Å². The SMILES string of the molecule is O[C@@H]1CC(c2cccc(Cl)c2Cl)Oc2cc(F)ccc21. The van der Waals surface area contributed by atoms with Gasteiger partial charge in [0.05, 0.1) is 16.1 Å². The van der Waals surface area contributed by atoms with Gasteiger partial charge in [0.1, 0.15) is 17.7 Å². The molecule has 2 aromatic rings. The second kappa shape index (κ2) is 5.24. The van der Waals surface area contributed by atoms with Crippen molar-refractivity contribution in [3.8, 4) is 5.75 Å². The lowest BCUT2D eigenvalue weighted by atomic mass is 9.95. The summed E-state index contributed by atoms with van der Waals surface area (Å²) in [7, 11) is 0. The zero-order valence-electron chi connectivity index (χ0n) is 10.3. The Morgan fingerprint density at radius 2 is 1.95 bits per heavy atom. The van der Waals surface area contributed by atoms with Crippen LogP contribution in [0.4, 0.5) is 4.39 Å². The summed E-state index contributed by atoms with van der Waals surface area (Å²) in [5.41, 5.74) is 1.27. The molecule has 0 aliphatic carbocycles. The molecule has 20 heavy (non-hydrogen) atoms. The first-order valence-corrected chi connectivity index (χ1v) is 6.90. The molecule has 0 saturated carbocycles. The zero-order valence-corrected chi connectivity index (χ0v) is 11.8. The molecule has 0 spiro atoms. The van der Waals surface area contributed by atoms with Crippen LogP contribution in [0.2, 0.25) is 10.0 Å². The predicted molar refractivity (Wildman–Crippen MR) is 75.8 cm³/mol. The second-order valence-corrected chi connectivity index (χ2v) is 5.47. The molecule has 0 aromatic heterocycles. The van der Waals surface area contributed by atoms with Crippen LogP contribution in [0, 0.1) is 5.82 Å². The van der Waals surface area contributed by atoms with Crippen LogP contribution in [0.3, 0.4) is 0 Å². The van der Waals surface area contributed by atoms with Crippen LogP contribution in [0.5, 0.6) is 5.75 Å². The van der Waals surface area contributed by atoms with Crippen LogP contribution in [0.25, 0.3) is 0 Å². The monoisotopic (exact) mass is 312 g/mol. The average Bonchev–Trinajstić information content (AvgIpc) is 2.41. The normalized spacial score (nSPS) is 21.2. The van der Waals surface area contributed by atoms with Crippen LogP contribution in [0.15, 0.2) is 36.4 Å². The van der Waals surface area contributed by atoms with Gasteiger partial charge in [0.25, 0.3) is 0 Å². The maximum absolute atomic E-state index is 13.3. The number of halogens is 3. The third-order valence-electron chi connectivity index (χ3n) is 3.37. The molecular formula is C15H11Cl2FO2. The van der Waals surface area contributed by atoms with Crippen molar-refractivity contribution < 1.29 is 14.2 Å². The van der Waals surface area contributed by atoms with Gasteiger partial charge in [0, 0.05) is 23.6 Å². The third kappa shape index (κ3) is 2.37. The molecule has 1 unspecified atom stereocenters. The van der Waals surface area contributed by atoms with Gasteiger partial charge in [-0.15, -0.1) is 0 Å². The Morgan fingerprint density at radius 1 is 1.15 bits per heavy atom. The van der Waals surface area contributed by atoms with Crippen molar-refractivity contribution in [1.29, 1.82) is 0 Å². The van der Waals surface area contributed by atoms with Gasteiger partial charge in [-0.2, -0.15) is 0 Å². The van der Waals surface area contributed by atoms with Crippen molar-refractivity contribution in [2.75, 3.05) is 0 Å². The van der Waals surface area contributed by atoms with E-state index in [0.717, 1.165) is 0 Å². The van der Waals surface area contributed by atoms with Gasteiger partial charge in [-0.05, 0) is 18.2 Å². The van der Waals surface area contributed by atoms with Crippen LogP contribution >= 0.6 is 23.2 Å². The first-order valence-electron chi connectivity index (χ1n) is 6.14. The van der Waals surface area contributed by atoms with Crippen molar-refractivity contribution in [2.24, 2.45) is 0 Å². The topological polar surface area (TPSA) is 29.5 Å². The fourth-order valence-electron chi connectivity index (χ4n) is 2.38. The number of benzene rings is 2. The minimum Gasteiger partial charge on any atom is -0.485 e. The van der Waals surface area contributed by atoms with Crippen LogP contribution in [-0.4, -0.2) is 5.11 Å². The Morgan fingerprint density at radius 3 is 2.75 bits per heavy atom. The van der Waals surface area contributed by atoms with Gasteiger partial charge in [0.2, 0.25) is 0 Å². The number of hydrogen-bond donors (Lipinski definition) is 1. The Kier molecular flexibility index (Phi) is 3.59. The lowest BCUT2D eigenvalue weighted by molar-refractivity contribution is 0.0654. The molecule has 1 aliphatic rings. The summed E-state index contributed by atoms with van der Waals surface area (Å²) in [6, 6.07) is 9.34. The Bertz CT molecular complexity index is 660. The van der Waals surface area contributed by atoms with Gasteiger partial charge >= 0.3 is 0 Å². The molecule has 0 amide bonds. The van der Waals surface area contributed by atoms with Gasteiger partial charge in [-0.25, -0.2) is 4.39 Å². The molecule has 1 heterocycles. The second-order valence-electron chi connectivity index (χ2n) is 4.68. The molecule has 104 valence electrons. The number of aliphatic hydroxyl groups is 1. The summed E-state index contributed by atoms with van der Waals surface area (Å²) in [4.78, 5) is 0. The molecule has 2 aromatic carbocycles. The summed E-state index contributed by atoms with van der Waals surface area (Å²) in [5.74, 6) is -0.0708. The maximum atomic E-state index is 13.3. The highest BCUT2D eigenvalue weighted by atomic mass is 35.5. The first kappa shape index (κ1) is 13.7. The van der Waals surface area contributed by atoms with E-state index in [4.69, 9.17) is 27.9 Å². The highest BCUT2D eigenvalue weighted by Gasteiger charge is 2.29. The summed E-state index contributed by atoms with van der Waals surface area (Å²) in [5, 5.41) is 11.0. The van der Waals surface area contributed by atoms with Crippen molar-refractivity contribution in [3.63, 3.8) is 0 Å². The van der Waals surface area contributed by atoms with Gasteiger partial charge in [-0.1, -0.05) is 35.3 Å². The van der Waals surface area contributed by atoms with E-state index in [1.165, 1.54) is 18.2 Å². The quantitative estimate of drug-likeness (QED) is 0.827. The van der Waals surface area contributed by atoms with Crippen molar-refractivity contribution in [1.82, 2.24) is 0 Å². The van der Waals surface area contributed by atoms with Crippen LogP contribution in [0.1, 0.15) is 29.8 Å². The number of aliphatic hydroxyl groups excluding tert-OH is 1. The largest absolute Gasteiger partial charge is 0.485 e. The lowest BCUT2D eigenvalue weighted by Crippen LogP contribution is -2.19. The lowest BCUT2D eigenvalue weighted by Gasteiger charge is -2.30. The van der Waals surface area contributed by atoms with E-state index >= 15 is 0 Å². The Hall–Kier alpha value is -1.29. The predicted octanol–water partition coefficient (Wildman–Crippen LogP) is 4.69. The minimum atomic E-state index is -0.723. The van der Waals surface area contributed by atoms with E-state index in [1.807, 2.05) is 0 Å². The summed E-state index contributed by atoms with van der Waals surface area (Å²) in [6.07, 6.45) is -0.830. The highest BCUT2D eigenvalue weighted by Crippen LogP contribution is 2.43. The molecule has 0 radical (unpaired) electrons. The standard InChI is InChI=1S/C15H11Cl2FO2/c16-11-3-1-2-10(15(11)17)14-7-12(19)9-5-4-8(18)6-13(9)20-14/h1-6,12,14,19H,7H2/t12-,14?/m1/s1. The smallest absolute Gasteiger partial charge is 0.128 e. The Balaban J connectivity index is 2.00. The molecular weight excluding hydrogens is 302 g/mol. The fraction of sp³-hybridized carbons (Fsp3) is 0.200. The van der Waals surface area contributed by atoms with Crippen molar-refractivity contribution in [2.45, 2.75) is 18.6 Å². The third-order valence-corrected chi connectivity index (χ3v) is 4.20.